The van der Waals surface area contributed by atoms with Crippen LogP contribution < -0.4 is 4.74 Å². The number of aliphatic hydroxyl groups is 1. The summed E-state index contributed by atoms with van der Waals surface area (Å²) >= 11 is 5.84. The summed E-state index contributed by atoms with van der Waals surface area (Å²) in [6.45, 7) is 3.67. The van der Waals surface area contributed by atoms with Gasteiger partial charge in [-0.05, 0) is 50.6 Å². The van der Waals surface area contributed by atoms with Crippen molar-refractivity contribution in [1.82, 2.24) is 10.1 Å². The number of aromatic nitrogens is 1. The van der Waals surface area contributed by atoms with Crippen molar-refractivity contribution in [2.24, 2.45) is 0 Å². The first kappa shape index (κ1) is 16.3. The van der Waals surface area contributed by atoms with Crippen molar-refractivity contribution in [3.8, 4) is 5.75 Å². The van der Waals surface area contributed by atoms with E-state index in [1.54, 1.807) is 24.3 Å². The molecule has 6 heteroatoms. The SMILES string of the molecule is Cc1cc([C@@H]2CCCN2C[C@@H](O)COc2ccc(Cl)cc2)on1. The Morgan fingerprint density at radius 3 is 2.91 bits per heavy atom. The molecule has 1 aromatic heterocycles. The van der Waals surface area contributed by atoms with E-state index in [9.17, 15) is 5.11 Å². The zero-order valence-corrected chi connectivity index (χ0v) is 13.9. The molecule has 0 amide bonds. The highest BCUT2D eigenvalue weighted by atomic mass is 35.5. The maximum atomic E-state index is 10.3. The molecule has 2 aromatic rings. The topological polar surface area (TPSA) is 58.7 Å². The summed E-state index contributed by atoms with van der Waals surface area (Å²) in [5.74, 6) is 1.59. The van der Waals surface area contributed by atoms with E-state index in [-0.39, 0.29) is 12.6 Å². The number of rotatable bonds is 6. The average molecular weight is 337 g/mol. The van der Waals surface area contributed by atoms with Gasteiger partial charge in [-0.25, -0.2) is 0 Å². The van der Waals surface area contributed by atoms with Gasteiger partial charge in [0.05, 0.1) is 11.7 Å². The van der Waals surface area contributed by atoms with E-state index in [0.717, 1.165) is 30.8 Å². The maximum Gasteiger partial charge on any atom is 0.154 e. The Labute approximate surface area is 140 Å². The van der Waals surface area contributed by atoms with Crippen LogP contribution in [0.25, 0.3) is 0 Å². The molecule has 1 N–H and O–H groups in total. The largest absolute Gasteiger partial charge is 0.491 e. The summed E-state index contributed by atoms with van der Waals surface area (Å²) < 4.78 is 11.0. The maximum absolute atomic E-state index is 10.3. The third-order valence-corrected chi connectivity index (χ3v) is 4.29. The number of hydrogen-bond acceptors (Lipinski definition) is 5. The molecule has 1 fully saturated rings. The van der Waals surface area contributed by atoms with Gasteiger partial charge in [0.25, 0.3) is 0 Å². The van der Waals surface area contributed by atoms with Crippen LogP contribution in [0.2, 0.25) is 5.02 Å². The van der Waals surface area contributed by atoms with Crippen molar-refractivity contribution in [2.45, 2.75) is 31.9 Å². The van der Waals surface area contributed by atoms with Crippen LogP contribution in [-0.4, -0.2) is 41.0 Å². The van der Waals surface area contributed by atoms with Crippen LogP contribution in [0.4, 0.5) is 0 Å². The number of hydrogen-bond donors (Lipinski definition) is 1. The molecule has 124 valence electrons. The summed E-state index contributed by atoms with van der Waals surface area (Å²) in [5, 5.41) is 14.9. The van der Waals surface area contributed by atoms with Crippen LogP contribution in [-0.2, 0) is 0 Å². The smallest absolute Gasteiger partial charge is 0.154 e. The third kappa shape index (κ3) is 4.25. The van der Waals surface area contributed by atoms with E-state index in [0.29, 0.717) is 17.3 Å². The van der Waals surface area contributed by atoms with Gasteiger partial charge in [0.2, 0.25) is 0 Å². The van der Waals surface area contributed by atoms with Crippen LogP contribution in [0, 0.1) is 6.92 Å². The third-order valence-electron chi connectivity index (χ3n) is 4.04. The zero-order chi connectivity index (χ0) is 16.2. The molecule has 0 bridgehead atoms. The molecule has 0 unspecified atom stereocenters. The fourth-order valence-electron chi connectivity index (χ4n) is 2.95. The Morgan fingerprint density at radius 2 is 2.22 bits per heavy atom. The Balaban J connectivity index is 1.52. The lowest BCUT2D eigenvalue weighted by Crippen LogP contribution is -2.35. The highest BCUT2D eigenvalue weighted by Gasteiger charge is 2.30. The van der Waals surface area contributed by atoms with Crippen LogP contribution >= 0.6 is 11.6 Å². The van der Waals surface area contributed by atoms with Gasteiger partial charge in [-0.1, -0.05) is 16.8 Å². The summed E-state index contributed by atoms with van der Waals surface area (Å²) in [4.78, 5) is 2.23. The highest BCUT2D eigenvalue weighted by Crippen LogP contribution is 2.32. The van der Waals surface area contributed by atoms with Crippen LogP contribution in [0.5, 0.6) is 5.75 Å². The molecule has 0 radical (unpaired) electrons. The van der Waals surface area contributed by atoms with Crippen molar-refractivity contribution in [3.63, 3.8) is 0 Å². The Bertz CT molecular complexity index is 629. The van der Waals surface area contributed by atoms with Gasteiger partial charge in [0.15, 0.2) is 5.76 Å². The molecule has 5 nitrogen and oxygen atoms in total. The Kier molecular flexibility index (Phi) is 5.20. The van der Waals surface area contributed by atoms with E-state index in [1.807, 2.05) is 13.0 Å². The standard InChI is InChI=1S/C17H21ClN2O3/c1-12-9-17(23-19-12)16-3-2-8-20(16)10-14(21)11-22-15-6-4-13(18)5-7-15/h4-7,9,14,16,21H,2-3,8,10-11H2,1H3/t14-,16+/m1/s1. The van der Waals surface area contributed by atoms with E-state index < -0.39 is 6.10 Å². The zero-order valence-electron chi connectivity index (χ0n) is 13.1. The molecular weight excluding hydrogens is 316 g/mol. The van der Waals surface area contributed by atoms with Gasteiger partial charge in [-0.2, -0.15) is 0 Å². The average Bonchev–Trinajstić information content (AvgIpc) is 3.15. The predicted molar refractivity (Wildman–Crippen MR) is 87.7 cm³/mol. The Hall–Kier alpha value is -1.56. The molecule has 2 heterocycles. The van der Waals surface area contributed by atoms with Crippen molar-refractivity contribution in [1.29, 1.82) is 0 Å². The number of aliphatic hydroxyl groups excluding tert-OH is 1. The minimum Gasteiger partial charge on any atom is -0.491 e. The van der Waals surface area contributed by atoms with Crippen molar-refractivity contribution < 1.29 is 14.4 Å². The second-order valence-electron chi connectivity index (χ2n) is 5.94. The van der Waals surface area contributed by atoms with E-state index >= 15 is 0 Å². The first-order valence-electron chi connectivity index (χ1n) is 7.85. The van der Waals surface area contributed by atoms with Crippen molar-refractivity contribution in [3.05, 3.63) is 46.8 Å². The first-order valence-corrected chi connectivity index (χ1v) is 8.23. The van der Waals surface area contributed by atoms with Crippen molar-refractivity contribution >= 4 is 11.6 Å². The molecule has 0 aliphatic carbocycles. The monoisotopic (exact) mass is 336 g/mol. The van der Waals surface area contributed by atoms with Crippen LogP contribution in [0.15, 0.2) is 34.9 Å². The summed E-state index contributed by atoms with van der Waals surface area (Å²) in [6.07, 6.45) is 1.56. The van der Waals surface area contributed by atoms with E-state index in [4.69, 9.17) is 20.9 Å². The van der Waals surface area contributed by atoms with Gasteiger partial charge in [-0.3, -0.25) is 4.90 Å². The quantitative estimate of drug-likeness (QED) is 0.877. The van der Waals surface area contributed by atoms with Gasteiger partial charge in [0.1, 0.15) is 18.5 Å². The molecule has 0 saturated carbocycles. The van der Waals surface area contributed by atoms with E-state index in [1.165, 1.54) is 0 Å². The lowest BCUT2D eigenvalue weighted by Gasteiger charge is -2.25. The number of nitrogens with zero attached hydrogens (tertiary/aromatic N) is 2. The van der Waals surface area contributed by atoms with Crippen LogP contribution in [0.1, 0.15) is 30.3 Å². The number of β-amino-alcohol motifs (C(OH)–C–C–N with tert-alkyl or cyclic N) is 1. The minimum absolute atomic E-state index is 0.196. The normalized spacial score (nSPS) is 19.9. The fraction of sp³-hybridized carbons (Fsp3) is 0.471. The molecular formula is C17H21ClN2O3. The van der Waals surface area contributed by atoms with E-state index in [2.05, 4.69) is 10.1 Å². The van der Waals surface area contributed by atoms with Gasteiger partial charge in [-0.15, -0.1) is 0 Å². The van der Waals surface area contributed by atoms with Gasteiger partial charge in [0, 0.05) is 17.6 Å². The molecule has 2 atom stereocenters. The van der Waals surface area contributed by atoms with Crippen molar-refractivity contribution in [2.75, 3.05) is 19.7 Å². The second kappa shape index (κ2) is 7.34. The first-order chi connectivity index (χ1) is 11.1. The fourth-order valence-corrected chi connectivity index (χ4v) is 3.08. The second-order valence-corrected chi connectivity index (χ2v) is 6.38. The molecule has 3 rings (SSSR count). The summed E-state index contributed by atoms with van der Waals surface area (Å²) in [7, 11) is 0. The highest BCUT2D eigenvalue weighted by molar-refractivity contribution is 6.30. The lowest BCUT2D eigenvalue weighted by molar-refractivity contribution is 0.0598. The molecule has 23 heavy (non-hydrogen) atoms. The Morgan fingerprint density at radius 1 is 1.43 bits per heavy atom. The summed E-state index contributed by atoms with van der Waals surface area (Å²) in [5.41, 5.74) is 0.887. The molecule has 0 spiro atoms. The summed E-state index contributed by atoms with van der Waals surface area (Å²) in [6, 6.07) is 9.30. The molecule has 1 aliphatic rings. The number of halogens is 1. The number of aryl methyl sites for hydroxylation is 1. The number of likely N-dealkylation sites (tertiary alicyclic amines) is 1. The number of benzene rings is 1. The lowest BCUT2D eigenvalue weighted by atomic mass is 10.1. The minimum atomic E-state index is -0.560. The number of ether oxygens (including phenoxy) is 1. The predicted octanol–water partition coefficient (Wildman–Crippen LogP) is 3.21. The van der Waals surface area contributed by atoms with Crippen LogP contribution in [0.3, 0.4) is 0 Å². The van der Waals surface area contributed by atoms with Gasteiger partial charge < -0.3 is 14.4 Å². The molecule has 1 saturated heterocycles. The molecule has 1 aromatic carbocycles. The molecule has 1 aliphatic heterocycles. The van der Waals surface area contributed by atoms with Gasteiger partial charge >= 0.3 is 0 Å².